The molecule has 3 heteroatoms. The van der Waals surface area contributed by atoms with Crippen LogP contribution in [0.15, 0.2) is 48.7 Å². The average molecular weight is 269 g/mol. The second-order valence-corrected chi connectivity index (χ2v) is 5.37. The van der Waals surface area contributed by atoms with Gasteiger partial charge in [0.2, 0.25) is 0 Å². The maximum Gasteiger partial charge on any atom is 0.0416 e. The van der Waals surface area contributed by atoms with Crippen molar-refractivity contribution in [3.05, 3.63) is 59.9 Å². The Morgan fingerprint density at radius 3 is 2.30 bits per heavy atom. The van der Waals surface area contributed by atoms with E-state index in [4.69, 9.17) is 0 Å². The third kappa shape index (κ3) is 4.35. The first-order chi connectivity index (χ1) is 9.65. The van der Waals surface area contributed by atoms with Crippen molar-refractivity contribution < 1.29 is 0 Å². The number of rotatable bonds is 6. The van der Waals surface area contributed by atoms with Crippen LogP contribution < -0.4 is 4.90 Å². The lowest BCUT2D eigenvalue weighted by Gasteiger charge is -2.17. The van der Waals surface area contributed by atoms with Crippen molar-refractivity contribution in [2.45, 2.75) is 13.0 Å². The summed E-state index contributed by atoms with van der Waals surface area (Å²) in [5.74, 6) is 0. The van der Waals surface area contributed by atoms with Gasteiger partial charge in [-0.3, -0.25) is 4.98 Å². The maximum absolute atomic E-state index is 4.36. The molecule has 0 spiro atoms. The Balaban J connectivity index is 1.83. The van der Waals surface area contributed by atoms with E-state index in [2.05, 4.69) is 66.3 Å². The van der Waals surface area contributed by atoms with E-state index in [1.807, 2.05) is 18.3 Å². The Kier molecular flexibility index (Phi) is 5.13. The molecule has 0 aliphatic rings. The summed E-state index contributed by atoms with van der Waals surface area (Å²) in [6.45, 7) is 1.99. The smallest absolute Gasteiger partial charge is 0.0416 e. The summed E-state index contributed by atoms with van der Waals surface area (Å²) < 4.78 is 0. The van der Waals surface area contributed by atoms with Gasteiger partial charge in [0.25, 0.3) is 0 Å². The van der Waals surface area contributed by atoms with Gasteiger partial charge in [-0.2, -0.15) is 0 Å². The Bertz CT molecular complexity index is 506. The van der Waals surface area contributed by atoms with E-state index in [-0.39, 0.29) is 0 Å². The van der Waals surface area contributed by atoms with Gasteiger partial charge in [-0.15, -0.1) is 0 Å². The van der Waals surface area contributed by atoms with Crippen LogP contribution in [0.5, 0.6) is 0 Å². The molecule has 3 nitrogen and oxygen atoms in total. The zero-order valence-electron chi connectivity index (χ0n) is 12.6. The zero-order valence-corrected chi connectivity index (χ0v) is 12.6. The summed E-state index contributed by atoms with van der Waals surface area (Å²) in [6, 6.07) is 14.8. The molecule has 0 fully saturated rings. The minimum absolute atomic E-state index is 0.973. The second kappa shape index (κ2) is 7.06. The van der Waals surface area contributed by atoms with E-state index in [0.717, 1.165) is 25.2 Å². The lowest BCUT2D eigenvalue weighted by molar-refractivity contribution is 0.330. The fourth-order valence-electron chi connectivity index (χ4n) is 2.14. The number of anilines is 1. The van der Waals surface area contributed by atoms with Crippen LogP contribution in [0, 0.1) is 0 Å². The highest BCUT2D eigenvalue weighted by Gasteiger charge is 2.02. The molecule has 106 valence electrons. The van der Waals surface area contributed by atoms with Crippen molar-refractivity contribution in [3.8, 4) is 0 Å². The highest BCUT2D eigenvalue weighted by Crippen LogP contribution is 2.13. The Hall–Kier alpha value is -1.87. The van der Waals surface area contributed by atoms with E-state index in [9.17, 15) is 0 Å². The molecule has 1 aromatic heterocycles. The summed E-state index contributed by atoms with van der Waals surface area (Å²) in [5, 5.41) is 0. The molecular formula is C17H23N3. The minimum atomic E-state index is 0.973. The molecule has 20 heavy (non-hydrogen) atoms. The molecule has 2 aromatic rings. The number of aromatic nitrogens is 1. The van der Waals surface area contributed by atoms with Gasteiger partial charge in [-0.1, -0.05) is 18.2 Å². The van der Waals surface area contributed by atoms with Crippen molar-refractivity contribution in [2.75, 3.05) is 32.6 Å². The second-order valence-electron chi connectivity index (χ2n) is 5.37. The van der Waals surface area contributed by atoms with Crippen LogP contribution in [0.3, 0.4) is 0 Å². The van der Waals surface area contributed by atoms with Gasteiger partial charge in [-0.05, 0) is 36.9 Å². The lowest BCUT2D eigenvalue weighted by atomic mass is 10.2. The number of hydrogen-bond donors (Lipinski definition) is 0. The third-order valence-electron chi connectivity index (χ3n) is 3.38. The SMILES string of the molecule is CN(CCc1ccccn1)Cc1ccc(N(C)C)cc1. The van der Waals surface area contributed by atoms with Crippen LogP contribution in [0.1, 0.15) is 11.3 Å². The van der Waals surface area contributed by atoms with E-state index in [1.165, 1.54) is 11.3 Å². The first kappa shape index (κ1) is 14.5. The molecule has 0 amide bonds. The van der Waals surface area contributed by atoms with Crippen LogP contribution in [-0.4, -0.2) is 37.6 Å². The lowest BCUT2D eigenvalue weighted by Crippen LogP contribution is -2.21. The predicted octanol–water partition coefficient (Wildman–Crippen LogP) is 2.82. The van der Waals surface area contributed by atoms with Crippen molar-refractivity contribution in [2.24, 2.45) is 0 Å². The van der Waals surface area contributed by atoms with E-state index in [0.29, 0.717) is 0 Å². The van der Waals surface area contributed by atoms with Gasteiger partial charge >= 0.3 is 0 Å². The highest BCUT2D eigenvalue weighted by atomic mass is 15.1. The monoisotopic (exact) mass is 269 g/mol. The molecule has 0 saturated carbocycles. The van der Waals surface area contributed by atoms with Crippen molar-refractivity contribution >= 4 is 5.69 Å². The number of nitrogens with zero attached hydrogens (tertiary/aromatic N) is 3. The molecule has 2 rings (SSSR count). The van der Waals surface area contributed by atoms with Crippen LogP contribution in [0.4, 0.5) is 5.69 Å². The number of benzene rings is 1. The van der Waals surface area contributed by atoms with Gasteiger partial charge in [0.05, 0.1) is 0 Å². The standard InChI is InChI=1S/C17H23N3/c1-19(2)17-9-7-15(8-10-17)14-20(3)13-11-16-6-4-5-12-18-16/h4-10,12H,11,13-14H2,1-3H3. The molecule has 1 heterocycles. The van der Waals surface area contributed by atoms with Crippen molar-refractivity contribution in [1.29, 1.82) is 0 Å². The minimum Gasteiger partial charge on any atom is -0.378 e. The molecule has 0 saturated heterocycles. The molecule has 0 N–H and O–H groups in total. The van der Waals surface area contributed by atoms with E-state index < -0.39 is 0 Å². The molecule has 0 atom stereocenters. The number of hydrogen-bond acceptors (Lipinski definition) is 3. The summed E-state index contributed by atoms with van der Waals surface area (Å²) in [5.41, 5.74) is 3.74. The Labute approximate surface area is 121 Å². The van der Waals surface area contributed by atoms with E-state index in [1.54, 1.807) is 0 Å². The fraction of sp³-hybridized carbons (Fsp3) is 0.353. The molecule has 0 aliphatic heterocycles. The Morgan fingerprint density at radius 1 is 0.950 bits per heavy atom. The predicted molar refractivity (Wildman–Crippen MR) is 85.0 cm³/mol. The van der Waals surface area contributed by atoms with Crippen LogP contribution in [0.25, 0.3) is 0 Å². The fourth-order valence-corrected chi connectivity index (χ4v) is 2.14. The van der Waals surface area contributed by atoms with Gasteiger partial charge < -0.3 is 9.80 Å². The number of pyridine rings is 1. The normalized spacial score (nSPS) is 10.8. The van der Waals surface area contributed by atoms with Gasteiger partial charge in [0.1, 0.15) is 0 Å². The molecule has 0 unspecified atom stereocenters. The van der Waals surface area contributed by atoms with Crippen molar-refractivity contribution in [1.82, 2.24) is 9.88 Å². The largest absolute Gasteiger partial charge is 0.378 e. The van der Waals surface area contributed by atoms with Crippen molar-refractivity contribution in [3.63, 3.8) is 0 Å². The van der Waals surface area contributed by atoms with Crippen LogP contribution in [-0.2, 0) is 13.0 Å². The van der Waals surface area contributed by atoms with Gasteiger partial charge in [0.15, 0.2) is 0 Å². The topological polar surface area (TPSA) is 19.4 Å². The van der Waals surface area contributed by atoms with Gasteiger partial charge in [0, 0.05) is 51.2 Å². The quantitative estimate of drug-likeness (QED) is 0.804. The summed E-state index contributed by atoms with van der Waals surface area (Å²) in [4.78, 5) is 8.81. The van der Waals surface area contributed by atoms with E-state index >= 15 is 0 Å². The Morgan fingerprint density at radius 2 is 1.70 bits per heavy atom. The first-order valence-electron chi connectivity index (χ1n) is 7.00. The van der Waals surface area contributed by atoms with Crippen LogP contribution >= 0.6 is 0 Å². The molecular weight excluding hydrogens is 246 g/mol. The molecule has 1 aromatic carbocycles. The maximum atomic E-state index is 4.36. The zero-order chi connectivity index (χ0) is 14.4. The summed E-state index contributed by atoms with van der Waals surface area (Å²) >= 11 is 0. The molecule has 0 aliphatic carbocycles. The molecule has 0 radical (unpaired) electrons. The first-order valence-corrected chi connectivity index (χ1v) is 7.00. The van der Waals surface area contributed by atoms with Gasteiger partial charge in [-0.25, -0.2) is 0 Å². The summed E-state index contributed by atoms with van der Waals surface area (Å²) in [7, 11) is 6.28. The van der Waals surface area contributed by atoms with Crippen LogP contribution in [0.2, 0.25) is 0 Å². The molecule has 0 bridgehead atoms. The third-order valence-corrected chi connectivity index (χ3v) is 3.38. The number of likely N-dealkylation sites (N-methyl/N-ethyl adjacent to an activating group) is 1. The highest BCUT2D eigenvalue weighted by molar-refractivity contribution is 5.45. The summed E-state index contributed by atoms with van der Waals surface area (Å²) in [6.07, 6.45) is 2.85. The average Bonchev–Trinajstić information content (AvgIpc) is 2.47.